The Morgan fingerprint density at radius 1 is 1.28 bits per heavy atom. The number of nitrogens with zero attached hydrogens (tertiary/aromatic N) is 1. The molecule has 1 atom stereocenters. The molecule has 0 unspecified atom stereocenters. The van der Waals surface area contributed by atoms with Gasteiger partial charge in [0.2, 0.25) is 0 Å². The number of aryl methyl sites for hydroxylation is 2. The summed E-state index contributed by atoms with van der Waals surface area (Å²) >= 11 is 0. The second kappa shape index (κ2) is 6.96. The smallest absolute Gasteiger partial charge is 0.416 e. The molecule has 0 bridgehead atoms. The number of nitrogens with one attached hydrogen (secondary N) is 1. The topological polar surface area (TPSA) is 81.4 Å². The molecule has 1 aromatic heterocycles. The Balaban J connectivity index is 2.05. The molecule has 0 aliphatic heterocycles. The number of benzene rings is 1. The minimum Gasteiger partial charge on any atom is -0.449 e. The van der Waals surface area contributed by atoms with E-state index in [1.807, 2.05) is 0 Å². The lowest BCUT2D eigenvalue weighted by atomic mass is 10.2. The molecule has 1 N–H and O–H groups in total. The van der Waals surface area contributed by atoms with Crippen LogP contribution in [0, 0.1) is 13.8 Å². The molecule has 0 aliphatic rings. The van der Waals surface area contributed by atoms with Crippen molar-refractivity contribution in [2.45, 2.75) is 33.1 Å². The van der Waals surface area contributed by atoms with Gasteiger partial charge < -0.3 is 14.6 Å². The molecular weight excluding hydrogens is 341 g/mol. The first-order chi connectivity index (χ1) is 11.6. The number of ether oxygens (including phenoxy) is 1. The van der Waals surface area contributed by atoms with Crippen molar-refractivity contribution in [2.75, 3.05) is 5.32 Å². The zero-order valence-electron chi connectivity index (χ0n) is 13.6. The Morgan fingerprint density at radius 2 is 1.96 bits per heavy atom. The molecule has 9 heteroatoms. The minimum absolute atomic E-state index is 0.0555. The van der Waals surface area contributed by atoms with Crippen molar-refractivity contribution in [2.24, 2.45) is 0 Å². The summed E-state index contributed by atoms with van der Waals surface area (Å²) in [6, 6.07) is 4.15. The van der Waals surface area contributed by atoms with Gasteiger partial charge in [0.05, 0.1) is 11.3 Å². The third-order valence-electron chi connectivity index (χ3n) is 3.35. The molecule has 6 nitrogen and oxygen atoms in total. The average Bonchev–Trinajstić information content (AvgIpc) is 2.85. The molecule has 2 rings (SSSR count). The quantitative estimate of drug-likeness (QED) is 0.848. The van der Waals surface area contributed by atoms with Gasteiger partial charge in [-0.1, -0.05) is 11.2 Å². The minimum atomic E-state index is -4.53. The second-order valence-corrected chi connectivity index (χ2v) is 5.31. The predicted molar refractivity (Wildman–Crippen MR) is 80.9 cm³/mol. The number of hydrogen-bond donors (Lipinski definition) is 1. The zero-order valence-corrected chi connectivity index (χ0v) is 13.6. The van der Waals surface area contributed by atoms with E-state index in [1.54, 1.807) is 6.92 Å². The molecule has 0 spiro atoms. The lowest BCUT2D eigenvalue weighted by molar-refractivity contribution is -0.137. The van der Waals surface area contributed by atoms with E-state index >= 15 is 0 Å². The van der Waals surface area contributed by atoms with E-state index in [0.29, 0.717) is 5.69 Å². The van der Waals surface area contributed by atoms with Gasteiger partial charge in [-0.05, 0) is 39.0 Å². The first-order valence-corrected chi connectivity index (χ1v) is 7.21. The molecule has 2 aromatic rings. The van der Waals surface area contributed by atoms with Gasteiger partial charge in [0.25, 0.3) is 5.91 Å². The normalized spacial score (nSPS) is 12.6. The summed E-state index contributed by atoms with van der Waals surface area (Å²) < 4.78 is 47.9. The molecule has 134 valence electrons. The van der Waals surface area contributed by atoms with Crippen LogP contribution in [-0.4, -0.2) is 23.1 Å². The first kappa shape index (κ1) is 18.5. The summed E-state index contributed by atoms with van der Waals surface area (Å²) in [5, 5.41) is 5.89. The number of rotatable bonds is 4. The van der Waals surface area contributed by atoms with Gasteiger partial charge in [-0.2, -0.15) is 13.2 Å². The van der Waals surface area contributed by atoms with E-state index in [9.17, 15) is 22.8 Å². The fourth-order valence-corrected chi connectivity index (χ4v) is 2.06. The molecule has 1 aromatic carbocycles. The zero-order chi connectivity index (χ0) is 18.8. The fraction of sp³-hybridized carbons (Fsp3) is 0.312. The first-order valence-electron chi connectivity index (χ1n) is 7.21. The van der Waals surface area contributed by atoms with Gasteiger partial charge in [-0.3, -0.25) is 4.79 Å². The molecule has 0 radical (unpaired) electrons. The number of halogens is 3. The van der Waals surface area contributed by atoms with Crippen LogP contribution in [0.5, 0.6) is 0 Å². The molecule has 0 aliphatic carbocycles. The van der Waals surface area contributed by atoms with E-state index in [4.69, 9.17) is 9.26 Å². The van der Waals surface area contributed by atoms with E-state index < -0.39 is 29.7 Å². The number of esters is 1. The van der Waals surface area contributed by atoms with Crippen LogP contribution in [-0.2, 0) is 15.7 Å². The largest absolute Gasteiger partial charge is 0.449 e. The Morgan fingerprint density at radius 3 is 2.52 bits per heavy atom. The lowest BCUT2D eigenvalue weighted by Gasteiger charge is -2.14. The average molecular weight is 356 g/mol. The molecular formula is C16H15F3N2O4. The van der Waals surface area contributed by atoms with E-state index in [1.165, 1.54) is 26.0 Å². The molecule has 1 heterocycles. The molecule has 25 heavy (non-hydrogen) atoms. The maximum absolute atomic E-state index is 12.7. The third-order valence-corrected chi connectivity index (χ3v) is 3.35. The Labute approximate surface area is 140 Å². The SMILES string of the molecule is Cc1noc(C)c1C(=O)O[C@@H](C)C(=O)Nc1cccc(C(F)(F)F)c1. The maximum atomic E-state index is 12.7. The van der Waals surface area contributed by atoms with Crippen molar-refractivity contribution in [3.05, 3.63) is 46.8 Å². The van der Waals surface area contributed by atoms with Gasteiger partial charge in [0.15, 0.2) is 6.10 Å². The summed E-state index contributed by atoms with van der Waals surface area (Å²) in [6.45, 7) is 4.36. The van der Waals surface area contributed by atoms with Gasteiger partial charge in [0, 0.05) is 5.69 Å². The summed E-state index contributed by atoms with van der Waals surface area (Å²) in [7, 11) is 0. The van der Waals surface area contributed by atoms with E-state index in [2.05, 4.69) is 10.5 Å². The van der Waals surface area contributed by atoms with Gasteiger partial charge in [0.1, 0.15) is 11.3 Å². The van der Waals surface area contributed by atoms with Crippen molar-refractivity contribution in [1.29, 1.82) is 0 Å². The van der Waals surface area contributed by atoms with Crippen molar-refractivity contribution >= 4 is 17.6 Å². The molecule has 1 amide bonds. The second-order valence-electron chi connectivity index (χ2n) is 5.31. The van der Waals surface area contributed by atoms with Crippen LogP contribution in [0.15, 0.2) is 28.8 Å². The summed E-state index contributed by atoms with van der Waals surface area (Å²) in [5.74, 6) is -1.32. The van der Waals surface area contributed by atoms with Crippen LogP contribution in [0.2, 0.25) is 0 Å². The number of alkyl halides is 3. The molecule has 0 saturated carbocycles. The highest BCUT2D eigenvalue weighted by molar-refractivity contribution is 5.98. The summed E-state index contributed by atoms with van der Waals surface area (Å²) in [6.07, 6.45) is -5.75. The highest BCUT2D eigenvalue weighted by Gasteiger charge is 2.31. The van der Waals surface area contributed by atoms with Gasteiger partial charge in [-0.15, -0.1) is 0 Å². The summed E-state index contributed by atoms with van der Waals surface area (Å²) in [5.41, 5.74) is -0.530. The van der Waals surface area contributed by atoms with Crippen LogP contribution < -0.4 is 5.32 Å². The Bertz CT molecular complexity index is 779. The van der Waals surface area contributed by atoms with Crippen molar-refractivity contribution < 1.29 is 32.0 Å². The van der Waals surface area contributed by atoms with Crippen LogP contribution >= 0.6 is 0 Å². The van der Waals surface area contributed by atoms with Gasteiger partial charge in [-0.25, -0.2) is 4.79 Å². The van der Waals surface area contributed by atoms with Crippen LogP contribution in [0.3, 0.4) is 0 Å². The molecule has 0 fully saturated rings. The maximum Gasteiger partial charge on any atom is 0.416 e. The van der Waals surface area contributed by atoms with Gasteiger partial charge >= 0.3 is 12.1 Å². The monoisotopic (exact) mass is 356 g/mol. The fourth-order valence-electron chi connectivity index (χ4n) is 2.06. The summed E-state index contributed by atoms with van der Waals surface area (Å²) in [4.78, 5) is 24.1. The van der Waals surface area contributed by atoms with Crippen molar-refractivity contribution in [3.63, 3.8) is 0 Å². The Kier molecular flexibility index (Phi) is 5.15. The molecule has 0 saturated heterocycles. The predicted octanol–water partition coefficient (Wildman–Crippen LogP) is 3.49. The number of hydrogen-bond acceptors (Lipinski definition) is 5. The number of anilines is 1. The highest BCUT2D eigenvalue weighted by Crippen LogP contribution is 2.30. The van der Waals surface area contributed by atoms with Crippen LogP contribution in [0.25, 0.3) is 0 Å². The number of carbonyl (C=O) groups is 2. The van der Waals surface area contributed by atoms with Crippen molar-refractivity contribution in [1.82, 2.24) is 5.16 Å². The van der Waals surface area contributed by atoms with Crippen molar-refractivity contribution in [3.8, 4) is 0 Å². The lowest BCUT2D eigenvalue weighted by Crippen LogP contribution is -2.30. The third kappa shape index (κ3) is 4.37. The number of carbonyl (C=O) groups excluding carboxylic acids is 2. The number of amides is 1. The van der Waals surface area contributed by atoms with E-state index in [0.717, 1.165) is 12.1 Å². The standard InChI is InChI=1S/C16H15F3N2O4/c1-8-13(9(2)25-21-8)15(23)24-10(3)14(22)20-12-6-4-5-11(7-12)16(17,18)19/h4-7,10H,1-3H3,(H,20,22)/t10-/m0/s1. The highest BCUT2D eigenvalue weighted by atomic mass is 19.4. The van der Waals surface area contributed by atoms with E-state index in [-0.39, 0.29) is 17.0 Å². The Hall–Kier alpha value is -2.84. The van der Waals surface area contributed by atoms with Crippen LogP contribution in [0.1, 0.15) is 34.3 Å². The number of aromatic nitrogens is 1. The van der Waals surface area contributed by atoms with Crippen LogP contribution in [0.4, 0.5) is 18.9 Å².